The number of nitrogens with zero attached hydrogens (tertiary/aromatic N) is 1. The molecule has 0 saturated carbocycles. The van der Waals surface area contributed by atoms with E-state index in [0.717, 1.165) is 12.0 Å². The van der Waals surface area contributed by atoms with Gasteiger partial charge < -0.3 is 15.3 Å². The number of carboxylic acid groups (broad SMARTS) is 1. The highest BCUT2D eigenvalue weighted by Crippen LogP contribution is 2.17. The third-order valence-electron chi connectivity index (χ3n) is 4.56. The molecule has 0 aromatic heterocycles. The van der Waals surface area contributed by atoms with Gasteiger partial charge in [-0.3, -0.25) is 4.79 Å². The lowest BCUT2D eigenvalue weighted by Gasteiger charge is -2.30. The van der Waals surface area contributed by atoms with Crippen LogP contribution in [0.15, 0.2) is 41.5 Å². The lowest BCUT2D eigenvalue weighted by molar-refractivity contribution is -0.137. The second kappa shape index (κ2) is 8.52. The molecular formula is C19H26N2O3. The quantitative estimate of drug-likeness (QED) is 0.787. The molecule has 0 fully saturated rings. The summed E-state index contributed by atoms with van der Waals surface area (Å²) in [4.78, 5) is 25.2. The highest BCUT2D eigenvalue weighted by Gasteiger charge is 2.22. The van der Waals surface area contributed by atoms with Crippen LogP contribution in [0.5, 0.6) is 0 Å². The number of amides is 2. The van der Waals surface area contributed by atoms with Crippen LogP contribution in [0, 0.1) is 0 Å². The lowest BCUT2D eigenvalue weighted by atomic mass is 10.0. The molecule has 2 amide bonds. The number of hydrogen-bond acceptors (Lipinski definition) is 2. The Morgan fingerprint density at radius 1 is 1.21 bits per heavy atom. The van der Waals surface area contributed by atoms with E-state index < -0.39 is 5.97 Å². The summed E-state index contributed by atoms with van der Waals surface area (Å²) in [6, 6.07) is 9.56. The zero-order valence-corrected chi connectivity index (χ0v) is 14.4. The van der Waals surface area contributed by atoms with Crippen LogP contribution < -0.4 is 5.32 Å². The predicted octanol–water partition coefficient (Wildman–Crippen LogP) is 3.21. The van der Waals surface area contributed by atoms with Gasteiger partial charge >= 0.3 is 12.0 Å². The SMILES string of the molecule is CC1=C(C)CN(C(=O)NC(CCC(=O)O)Cc2ccccc2)CC1. The fraction of sp³-hybridized carbons (Fsp3) is 0.474. The van der Waals surface area contributed by atoms with E-state index in [1.165, 1.54) is 11.1 Å². The Morgan fingerprint density at radius 3 is 2.54 bits per heavy atom. The van der Waals surface area contributed by atoms with E-state index >= 15 is 0 Å². The normalized spacial score (nSPS) is 16.0. The van der Waals surface area contributed by atoms with Crippen molar-refractivity contribution in [3.05, 3.63) is 47.0 Å². The van der Waals surface area contributed by atoms with Crippen molar-refractivity contribution in [2.24, 2.45) is 0 Å². The summed E-state index contributed by atoms with van der Waals surface area (Å²) in [6.07, 6.45) is 2.02. The third kappa shape index (κ3) is 5.41. The van der Waals surface area contributed by atoms with Crippen LogP contribution in [0.1, 0.15) is 38.7 Å². The summed E-state index contributed by atoms with van der Waals surface area (Å²) in [5, 5.41) is 12.0. The monoisotopic (exact) mass is 330 g/mol. The number of nitrogens with one attached hydrogen (secondary N) is 1. The zero-order chi connectivity index (χ0) is 17.5. The highest BCUT2D eigenvalue weighted by atomic mass is 16.4. The van der Waals surface area contributed by atoms with Gasteiger partial charge in [0.2, 0.25) is 0 Å². The molecule has 1 aliphatic rings. The summed E-state index contributed by atoms with van der Waals surface area (Å²) < 4.78 is 0. The molecule has 5 heteroatoms. The summed E-state index contributed by atoms with van der Waals surface area (Å²) in [7, 11) is 0. The molecule has 24 heavy (non-hydrogen) atoms. The minimum atomic E-state index is -0.838. The van der Waals surface area contributed by atoms with Crippen LogP contribution in [0.3, 0.4) is 0 Å². The summed E-state index contributed by atoms with van der Waals surface area (Å²) in [5.41, 5.74) is 3.69. The van der Waals surface area contributed by atoms with Gasteiger partial charge in [0.05, 0.1) is 0 Å². The summed E-state index contributed by atoms with van der Waals surface area (Å²) in [6.45, 7) is 5.52. The molecule has 2 rings (SSSR count). The standard InChI is InChI=1S/C19H26N2O3/c1-14-10-11-21(13-15(14)2)19(24)20-17(8-9-18(22)23)12-16-6-4-3-5-7-16/h3-7,17H,8-13H2,1-2H3,(H,20,24)(H,22,23). The van der Waals surface area contributed by atoms with Crippen molar-refractivity contribution < 1.29 is 14.7 Å². The maximum Gasteiger partial charge on any atom is 0.317 e. The van der Waals surface area contributed by atoms with Crippen molar-refractivity contribution in [2.45, 2.75) is 45.6 Å². The first-order valence-corrected chi connectivity index (χ1v) is 8.42. The summed E-state index contributed by atoms with van der Waals surface area (Å²) >= 11 is 0. The fourth-order valence-corrected chi connectivity index (χ4v) is 2.88. The second-order valence-electron chi connectivity index (χ2n) is 6.50. The van der Waals surface area contributed by atoms with Gasteiger partial charge in [0, 0.05) is 25.6 Å². The minimum absolute atomic E-state index is 0.0514. The van der Waals surface area contributed by atoms with E-state index in [9.17, 15) is 9.59 Å². The number of aliphatic carboxylic acids is 1. The number of carbonyl (C=O) groups excluding carboxylic acids is 1. The predicted molar refractivity (Wildman–Crippen MR) is 93.9 cm³/mol. The Bertz CT molecular complexity index is 610. The number of carbonyl (C=O) groups is 2. The Balaban J connectivity index is 1.98. The van der Waals surface area contributed by atoms with Gasteiger partial charge in [0.15, 0.2) is 0 Å². The van der Waals surface area contributed by atoms with E-state index in [2.05, 4.69) is 19.2 Å². The molecule has 1 unspecified atom stereocenters. The molecule has 0 aliphatic carbocycles. The van der Waals surface area contributed by atoms with E-state index in [4.69, 9.17) is 5.11 Å². The van der Waals surface area contributed by atoms with Crippen molar-refractivity contribution in [2.75, 3.05) is 13.1 Å². The van der Waals surface area contributed by atoms with Crippen LogP contribution in [0.2, 0.25) is 0 Å². The maximum atomic E-state index is 12.5. The van der Waals surface area contributed by atoms with Crippen LogP contribution in [0.25, 0.3) is 0 Å². The Kier molecular flexibility index (Phi) is 6.41. The molecule has 1 aliphatic heterocycles. The third-order valence-corrected chi connectivity index (χ3v) is 4.56. The number of carboxylic acids is 1. The van der Waals surface area contributed by atoms with Crippen molar-refractivity contribution in [3.63, 3.8) is 0 Å². The van der Waals surface area contributed by atoms with Gasteiger partial charge in [-0.05, 0) is 38.7 Å². The smallest absolute Gasteiger partial charge is 0.317 e. The van der Waals surface area contributed by atoms with Crippen LogP contribution >= 0.6 is 0 Å². The van der Waals surface area contributed by atoms with Crippen molar-refractivity contribution in [3.8, 4) is 0 Å². The first-order chi connectivity index (χ1) is 11.5. The van der Waals surface area contributed by atoms with Crippen molar-refractivity contribution >= 4 is 12.0 Å². The molecule has 0 bridgehead atoms. The van der Waals surface area contributed by atoms with Gasteiger partial charge in [0.25, 0.3) is 0 Å². The second-order valence-corrected chi connectivity index (χ2v) is 6.50. The lowest BCUT2D eigenvalue weighted by Crippen LogP contribution is -2.47. The molecule has 0 radical (unpaired) electrons. The number of rotatable bonds is 6. The molecule has 0 spiro atoms. The van der Waals surface area contributed by atoms with Gasteiger partial charge in [-0.1, -0.05) is 41.5 Å². The van der Waals surface area contributed by atoms with Gasteiger partial charge in [0.1, 0.15) is 0 Å². The molecule has 5 nitrogen and oxygen atoms in total. The minimum Gasteiger partial charge on any atom is -0.481 e. The molecule has 0 saturated heterocycles. The number of benzene rings is 1. The molecule has 1 heterocycles. The number of urea groups is 1. The zero-order valence-electron chi connectivity index (χ0n) is 14.4. The Morgan fingerprint density at radius 2 is 1.92 bits per heavy atom. The molecule has 130 valence electrons. The maximum absolute atomic E-state index is 12.5. The first-order valence-electron chi connectivity index (χ1n) is 8.42. The van der Waals surface area contributed by atoms with Gasteiger partial charge in [-0.15, -0.1) is 0 Å². The van der Waals surface area contributed by atoms with E-state index in [1.54, 1.807) is 4.90 Å². The van der Waals surface area contributed by atoms with Crippen molar-refractivity contribution in [1.29, 1.82) is 0 Å². The number of hydrogen-bond donors (Lipinski definition) is 2. The van der Waals surface area contributed by atoms with Crippen LogP contribution in [0.4, 0.5) is 4.79 Å². The average Bonchev–Trinajstić information content (AvgIpc) is 2.56. The van der Waals surface area contributed by atoms with Crippen LogP contribution in [-0.4, -0.2) is 41.1 Å². The largest absolute Gasteiger partial charge is 0.481 e. The highest BCUT2D eigenvalue weighted by molar-refractivity contribution is 5.75. The summed E-state index contributed by atoms with van der Waals surface area (Å²) in [5.74, 6) is -0.838. The van der Waals surface area contributed by atoms with E-state index in [-0.39, 0.29) is 18.5 Å². The van der Waals surface area contributed by atoms with Crippen molar-refractivity contribution in [1.82, 2.24) is 10.2 Å². The molecule has 2 N–H and O–H groups in total. The topological polar surface area (TPSA) is 69.6 Å². The van der Waals surface area contributed by atoms with Gasteiger partial charge in [-0.25, -0.2) is 4.79 Å². The first kappa shape index (κ1) is 18.0. The van der Waals surface area contributed by atoms with Gasteiger partial charge in [-0.2, -0.15) is 0 Å². The van der Waals surface area contributed by atoms with Crippen LogP contribution in [-0.2, 0) is 11.2 Å². The molecule has 1 aromatic carbocycles. The van der Waals surface area contributed by atoms with E-state index in [0.29, 0.717) is 25.9 Å². The Hall–Kier alpha value is -2.30. The fourth-order valence-electron chi connectivity index (χ4n) is 2.88. The average molecular weight is 330 g/mol. The van der Waals surface area contributed by atoms with E-state index in [1.807, 2.05) is 30.3 Å². The molecule has 1 atom stereocenters. The molecular weight excluding hydrogens is 304 g/mol. The molecule has 1 aromatic rings. The Labute approximate surface area is 143 Å².